The lowest BCUT2D eigenvalue weighted by atomic mass is 10.0. The number of anilines is 1. The lowest BCUT2D eigenvalue weighted by molar-refractivity contribution is -0.384. The highest BCUT2D eigenvalue weighted by molar-refractivity contribution is 5.61. The Morgan fingerprint density at radius 2 is 1.84 bits per heavy atom. The van der Waals surface area contributed by atoms with Crippen LogP contribution in [0.1, 0.15) is 29.5 Å². The van der Waals surface area contributed by atoms with Crippen molar-refractivity contribution >= 4 is 11.4 Å². The largest absolute Gasteiger partial charge is 0.377 e. The third kappa shape index (κ3) is 4.17. The number of benzene rings is 2. The van der Waals surface area contributed by atoms with Gasteiger partial charge in [0.2, 0.25) is 0 Å². The summed E-state index contributed by atoms with van der Waals surface area (Å²) in [6.45, 7) is 7.33. The molecule has 0 aliphatic carbocycles. The summed E-state index contributed by atoms with van der Waals surface area (Å²) in [4.78, 5) is 13.3. The number of rotatable bonds is 5. The van der Waals surface area contributed by atoms with Crippen molar-refractivity contribution in [2.24, 2.45) is 0 Å². The van der Waals surface area contributed by atoms with Crippen LogP contribution in [0.2, 0.25) is 0 Å². The lowest BCUT2D eigenvalue weighted by Gasteiger charge is -2.33. The molecule has 132 valence electrons. The van der Waals surface area contributed by atoms with Crippen molar-refractivity contribution in [2.75, 3.05) is 18.4 Å². The molecule has 1 saturated heterocycles. The third-order valence-corrected chi connectivity index (χ3v) is 5.16. The van der Waals surface area contributed by atoms with Crippen LogP contribution in [-0.2, 0) is 6.54 Å². The molecule has 0 bridgehead atoms. The molecule has 1 aliphatic rings. The molecule has 0 unspecified atom stereocenters. The van der Waals surface area contributed by atoms with Crippen molar-refractivity contribution in [1.82, 2.24) is 4.90 Å². The molecule has 0 saturated carbocycles. The minimum absolute atomic E-state index is 0.153. The van der Waals surface area contributed by atoms with Gasteiger partial charge in [-0.2, -0.15) is 0 Å². The van der Waals surface area contributed by atoms with Gasteiger partial charge in [0.15, 0.2) is 0 Å². The van der Waals surface area contributed by atoms with Gasteiger partial charge in [-0.15, -0.1) is 0 Å². The minimum Gasteiger partial charge on any atom is -0.377 e. The molecule has 0 spiro atoms. The fraction of sp³-hybridized carbons (Fsp3) is 0.400. The first-order valence-corrected chi connectivity index (χ1v) is 8.82. The Morgan fingerprint density at radius 1 is 1.12 bits per heavy atom. The lowest BCUT2D eigenvalue weighted by Crippen LogP contribution is -2.38. The van der Waals surface area contributed by atoms with E-state index in [4.69, 9.17) is 0 Å². The first-order chi connectivity index (χ1) is 12.0. The third-order valence-electron chi connectivity index (χ3n) is 5.16. The Bertz CT molecular complexity index is 752. The van der Waals surface area contributed by atoms with E-state index in [-0.39, 0.29) is 16.7 Å². The number of nitrogens with zero attached hydrogens (tertiary/aromatic N) is 2. The Morgan fingerprint density at radius 3 is 2.56 bits per heavy atom. The maximum atomic E-state index is 11.1. The maximum Gasteiger partial charge on any atom is 0.292 e. The van der Waals surface area contributed by atoms with Gasteiger partial charge in [-0.05, 0) is 49.4 Å². The summed E-state index contributed by atoms with van der Waals surface area (Å²) in [5.74, 6) is 0. The van der Waals surface area contributed by atoms with Crippen LogP contribution in [0.15, 0.2) is 42.5 Å². The maximum absolute atomic E-state index is 11.1. The first-order valence-electron chi connectivity index (χ1n) is 8.82. The van der Waals surface area contributed by atoms with E-state index in [1.165, 1.54) is 16.7 Å². The second kappa shape index (κ2) is 7.66. The standard InChI is InChI=1S/C20H25N3O2/c1-15-6-5-7-17(16(15)2)14-22-12-10-18(11-13-22)21-19-8-3-4-9-20(19)23(24)25/h3-9,18,21H,10-14H2,1-2H3. The van der Waals surface area contributed by atoms with Gasteiger partial charge in [-0.1, -0.05) is 30.3 Å². The van der Waals surface area contributed by atoms with Crippen LogP contribution in [0.25, 0.3) is 0 Å². The minimum atomic E-state index is -0.321. The molecule has 3 rings (SSSR count). The van der Waals surface area contributed by atoms with E-state index in [0.717, 1.165) is 32.5 Å². The quantitative estimate of drug-likeness (QED) is 0.652. The highest BCUT2D eigenvalue weighted by atomic mass is 16.6. The number of piperidine rings is 1. The summed E-state index contributed by atoms with van der Waals surface area (Å²) in [6, 6.07) is 13.7. The van der Waals surface area contributed by atoms with E-state index in [2.05, 4.69) is 42.3 Å². The van der Waals surface area contributed by atoms with Gasteiger partial charge in [0.05, 0.1) is 4.92 Å². The van der Waals surface area contributed by atoms with Gasteiger partial charge in [0.25, 0.3) is 5.69 Å². The highest BCUT2D eigenvalue weighted by Gasteiger charge is 2.22. The van der Waals surface area contributed by atoms with Gasteiger partial charge < -0.3 is 5.32 Å². The summed E-state index contributed by atoms with van der Waals surface area (Å²) in [7, 11) is 0. The Hall–Kier alpha value is -2.40. The monoisotopic (exact) mass is 339 g/mol. The molecule has 1 heterocycles. The fourth-order valence-electron chi connectivity index (χ4n) is 3.43. The van der Waals surface area contributed by atoms with Crippen LogP contribution < -0.4 is 5.32 Å². The zero-order valence-corrected chi connectivity index (χ0v) is 14.9. The summed E-state index contributed by atoms with van der Waals surface area (Å²) in [5, 5.41) is 14.5. The average molecular weight is 339 g/mol. The number of aryl methyl sites for hydroxylation is 1. The second-order valence-electron chi connectivity index (χ2n) is 6.83. The van der Waals surface area contributed by atoms with Gasteiger partial charge in [0.1, 0.15) is 5.69 Å². The normalized spacial score (nSPS) is 15.9. The summed E-state index contributed by atoms with van der Waals surface area (Å²) >= 11 is 0. The molecule has 2 aromatic carbocycles. The molecule has 1 aliphatic heterocycles. The molecule has 1 N–H and O–H groups in total. The first kappa shape index (κ1) is 17.4. The molecule has 0 amide bonds. The molecule has 25 heavy (non-hydrogen) atoms. The van der Waals surface area contributed by atoms with Crippen LogP contribution in [0.5, 0.6) is 0 Å². The number of nitro groups is 1. The van der Waals surface area contributed by atoms with Crippen LogP contribution in [0, 0.1) is 24.0 Å². The average Bonchev–Trinajstić information content (AvgIpc) is 2.61. The van der Waals surface area contributed by atoms with Gasteiger partial charge in [0, 0.05) is 31.7 Å². The molecule has 5 nitrogen and oxygen atoms in total. The second-order valence-corrected chi connectivity index (χ2v) is 6.83. The van der Waals surface area contributed by atoms with E-state index >= 15 is 0 Å². The molecule has 0 aromatic heterocycles. The van der Waals surface area contributed by atoms with E-state index in [0.29, 0.717) is 5.69 Å². The zero-order chi connectivity index (χ0) is 17.8. The van der Waals surface area contributed by atoms with E-state index in [1.54, 1.807) is 18.2 Å². The summed E-state index contributed by atoms with van der Waals surface area (Å²) in [6.07, 6.45) is 1.99. The Balaban J connectivity index is 1.57. The zero-order valence-electron chi connectivity index (χ0n) is 14.9. The summed E-state index contributed by atoms with van der Waals surface area (Å²) in [5.41, 5.74) is 4.89. The number of nitro benzene ring substituents is 1. The number of hydrogen-bond acceptors (Lipinski definition) is 4. The highest BCUT2D eigenvalue weighted by Crippen LogP contribution is 2.26. The van der Waals surface area contributed by atoms with E-state index in [1.807, 2.05) is 6.07 Å². The number of hydrogen-bond donors (Lipinski definition) is 1. The number of likely N-dealkylation sites (tertiary alicyclic amines) is 1. The van der Waals surface area contributed by atoms with Gasteiger partial charge in [-0.25, -0.2) is 0 Å². The fourth-order valence-corrected chi connectivity index (χ4v) is 3.43. The Labute approximate surface area is 148 Å². The van der Waals surface area contributed by atoms with Crippen LogP contribution >= 0.6 is 0 Å². The van der Waals surface area contributed by atoms with E-state index in [9.17, 15) is 10.1 Å². The molecule has 2 aromatic rings. The van der Waals surface area contributed by atoms with E-state index < -0.39 is 0 Å². The smallest absolute Gasteiger partial charge is 0.292 e. The van der Waals surface area contributed by atoms with Crippen molar-refractivity contribution in [2.45, 2.75) is 39.3 Å². The van der Waals surface area contributed by atoms with Crippen molar-refractivity contribution in [3.05, 3.63) is 69.3 Å². The molecule has 0 radical (unpaired) electrons. The molecular formula is C20H25N3O2. The van der Waals surface area contributed by atoms with Crippen LogP contribution in [0.4, 0.5) is 11.4 Å². The molecule has 0 atom stereocenters. The number of nitrogens with one attached hydrogen (secondary N) is 1. The molecule has 1 fully saturated rings. The number of para-hydroxylation sites is 2. The van der Waals surface area contributed by atoms with Crippen LogP contribution in [0.3, 0.4) is 0 Å². The summed E-state index contributed by atoms with van der Waals surface area (Å²) < 4.78 is 0. The van der Waals surface area contributed by atoms with Crippen molar-refractivity contribution in [3.8, 4) is 0 Å². The SMILES string of the molecule is Cc1cccc(CN2CCC(Nc3ccccc3[N+](=O)[O-])CC2)c1C. The molecule has 5 heteroatoms. The van der Waals surface area contributed by atoms with Gasteiger partial charge in [-0.3, -0.25) is 15.0 Å². The molecular weight excluding hydrogens is 314 g/mol. The van der Waals surface area contributed by atoms with Crippen molar-refractivity contribution in [3.63, 3.8) is 0 Å². The van der Waals surface area contributed by atoms with Gasteiger partial charge >= 0.3 is 0 Å². The Kier molecular flexibility index (Phi) is 5.34. The van der Waals surface area contributed by atoms with Crippen LogP contribution in [-0.4, -0.2) is 29.0 Å². The predicted octanol–water partition coefficient (Wildman–Crippen LogP) is 4.29. The topological polar surface area (TPSA) is 58.4 Å². The predicted molar refractivity (Wildman–Crippen MR) is 101 cm³/mol. The van der Waals surface area contributed by atoms with Crippen molar-refractivity contribution < 1.29 is 4.92 Å². The van der Waals surface area contributed by atoms with Crippen molar-refractivity contribution in [1.29, 1.82) is 0 Å².